The molecule has 11 aromatic rings. The Kier molecular flexibility index (Phi) is 8.80. The summed E-state index contributed by atoms with van der Waals surface area (Å²) in [7, 11) is 0. The Morgan fingerprint density at radius 2 is 0.828 bits per heavy atom. The van der Waals surface area contributed by atoms with E-state index in [1.54, 1.807) is 0 Å². The van der Waals surface area contributed by atoms with Crippen LogP contribution < -0.4 is 0 Å². The van der Waals surface area contributed by atoms with E-state index < -0.39 is 0 Å². The molecule has 9 aromatic carbocycles. The maximum atomic E-state index is 5.25. The molecule has 64 heavy (non-hydrogen) atoms. The SMILES string of the molecule is CC1(C)c2ccccc2-c2ccc(-c3cccc(-c4nc(-c5ccccc5)nc(-c5cccc(-c6cccc7c6c6cc(-c8ccccc8)ccc6n7-c6ccccc6)c5)n4)c3)cc21. The quantitative estimate of drug-likeness (QED) is 0.161. The lowest BCUT2D eigenvalue weighted by Gasteiger charge is -2.22. The third-order valence-corrected chi connectivity index (χ3v) is 13.0. The lowest BCUT2D eigenvalue weighted by atomic mass is 9.81. The van der Waals surface area contributed by atoms with Crippen LogP contribution >= 0.6 is 0 Å². The molecule has 0 saturated heterocycles. The molecule has 0 saturated carbocycles. The topological polar surface area (TPSA) is 43.6 Å². The van der Waals surface area contributed by atoms with Crippen LogP contribution in [-0.2, 0) is 5.41 Å². The van der Waals surface area contributed by atoms with E-state index in [1.165, 1.54) is 49.7 Å². The zero-order chi connectivity index (χ0) is 42.8. The Hall–Kier alpha value is -8.21. The van der Waals surface area contributed by atoms with Gasteiger partial charge >= 0.3 is 0 Å². The second-order valence-corrected chi connectivity index (χ2v) is 17.2. The van der Waals surface area contributed by atoms with Crippen LogP contribution in [0.25, 0.3) is 106 Å². The largest absolute Gasteiger partial charge is 0.309 e. The van der Waals surface area contributed by atoms with Crippen molar-refractivity contribution in [3.8, 4) is 84.4 Å². The Bertz CT molecular complexity index is 3570. The molecule has 0 spiro atoms. The Morgan fingerprint density at radius 1 is 0.328 bits per heavy atom. The maximum absolute atomic E-state index is 5.25. The first-order valence-corrected chi connectivity index (χ1v) is 21.9. The van der Waals surface area contributed by atoms with Crippen molar-refractivity contribution in [2.24, 2.45) is 0 Å². The fourth-order valence-electron chi connectivity index (χ4n) is 9.87. The Labute approximate surface area is 372 Å². The minimum Gasteiger partial charge on any atom is -0.309 e. The molecule has 302 valence electrons. The first-order chi connectivity index (χ1) is 31.5. The van der Waals surface area contributed by atoms with Crippen molar-refractivity contribution in [1.29, 1.82) is 0 Å². The summed E-state index contributed by atoms with van der Waals surface area (Å²) in [5.74, 6) is 1.89. The average molecular weight is 819 g/mol. The van der Waals surface area contributed by atoms with Crippen molar-refractivity contribution in [3.63, 3.8) is 0 Å². The molecule has 0 fully saturated rings. The minimum atomic E-state index is -0.0859. The lowest BCUT2D eigenvalue weighted by Crippen LogP contribution is -2.14. The predicted octanol–water partition coefficient (Wildman–Crippen LogP) is 15.3. The molecule has 4 nitrogen and oxygen atoms in total. The second kappa shape index (κ2) is 15.0. The van der Waals surface area contributed by atoms with Crippen LogP contribution in [0.1, 0.15) is 25.0 Å². The summed E-state index contributed by atoms with van der Waals surface area (Å²) in [6.45, 7) is 4.66. The number of rotatable bonds is 7. The first kappa shape index (κ1) is 37.5. The van der Waals surface area contributed by atoms with E-state index in [0.29, 0.717) is 17.5 Å². The van der Waals surface area contributed by atoms with Gasteiger partial charge in [0.2, 0.25) is 0 Å². The molecule has 0 amide bonds. The molecule has 1 aliphatic carbocycles. The number of nitrogens with zero attached hydrogens (tertiary/aromatic N) is 4. The molecule has 1 aliphatic rings. The first-order valence-electron chi connectivity index (χ1n) is 21.9. The normalized spacial score (nSPS) is 12.7. The fourth-order valence-corrected chi connectivity index (χ4v) is 9.87. The van der Waals surface area contributed by atoms with Gasteiger partial charge in [0.05, 0.1) is 11.0 Å². The van der Waals surface area contributed by atoms with E-state index in [0.717, 1.165) is 50.1 Å². The van der Waals surface area contributed by atoms with Gasteiger partial charge in [0.25, 0.3) is 0 Å². The number of aromatic nitrogens is 4. The number of hydrogen-bond acceptors (Lipinski definition) is 3. The molecule has 12 rings (SSSR count). The molecular formula is C60H42N4. The smallest absolute Gasteiger partial charge is 0.164 e. The predicted molar refractivity (Wildman–Crippen MR) is 264 cm³/mol. The summed E-state index contributed by atoms with van der Waals surface area (Å²) in [6, 6.07) is 77.9. The van der Waals surface area contributed by atoms with Gasteiger partial charge in [0.15, 0.2) is 17.5 Å². The van der Waals surface area contributed by atoms with Crippen LogP contribution in [0.3, 0.4) is 0 Å². The van der Waals surface area contributed by atoms with E-state index in [2.05, 4.69) is 219 Å². The standard InChI is InChI=1S/C60H42N4/c1-60(2)52-29-13-12-27-49(52)50-33-31-43(38-53(50)60)41-21-14-23-45(35-41)58-61-57(40-19-8-4-9-20-40)62-59(63-58)46-24-15-22-44(36-46)48-28-16-30-55-56(48)51-37-42(39-17-6-3-7-18-39)32-34-54(51)64(55)47-25-10-5-11-26-47/h3-38H,1-2H3. The third kappa shape index (κ3) is 6.26. The van der Waals surface area contributed by atoms with Crippen LogP contribution in [0.5, 0.6) is 0 Å². The van der Waals surface area contributed by atoms with E-state index >= 15 is 0 Å². The second-order valence-electron chi connectivity index (χ2n) is 17.2. The number of hydrogen-bond donors (Lipinski definition) is 0. The van der Waals surface area contributed by atoms with Crippen LogP contribution in [0, 0.1) is 0 Å². The highest BCUT2D eigenvalue weighted by Crippen LogP contribution is 2.49. The molecule has 0 radical (unpaired) electrons. The van der Waals surface area contributed by atoms with Gasteiger partial charge in [-0.2, -0.15) is 0 Å². The monoisotopic (exact) mass is 818 g/mol. The van der Waals surface area contributed by atoms with Gasteiger partial charge in [-0.15, -0.1) is 0 Å². The van der Waals surface area contributed by atoms with Gasteiger partial charge in [-0.3, -0.25) is 0 Å². The summed E-state index contributed by atoms with van der Waals surface area (Å²) in [6.07, 6.45) is 0. The molecule has 2 heterocycles. The van der Waals surface area contributed by atoms with Crippen molar-refractivity contribution < 1.29 is 0 Å². The zero-order valence-corrected chi connectivity index (χ0v) is 35.6. The fraction of sp³-hybridized carbons (Fsp3) is 0.0500. The van der Waals surface area contributed by atoms with Gasteiger partial charge in [-0.1, -0.05) is 184 Å². The molecule has 0 N–H and O–H groups in total. The van der Waals surface area contributed by atoms with Crippen molar-refractivity contribution in [2.75, 3.05) is 0 Å². The minimum absolute atomic E-state index is 0.0859. The van der Waals surface area contributed by atoms with Crippen LogP contribution in [-0.4, -0.2) is 19.5 Å². The number of benzene rings is 9. The summed E-state index contributed by atoms with van der Waals surface area (Å²) in [5, 5.41) is 2.40. The Balaban J connectivity index is 0.993. The molecular weight excluding hydrogens is 777 g/mol. The highest BCUT2D eigenvalue weighted by atomic mass is 15.0. The average Bonchev–Trinajstić information content (AvgIpc) is 3.82. The molecule has 0 bridgehead atoms. The van der Waals surface area contributed by atoms with Crippen molar-refractivity contribution in [1.82, 2.24) is 19.5 Å². The maximum Gasteiger partial charge on any atom is 0.164 e. The van der Waals surface area contributed by atoms with Gasteiger partial charge in [0.1, 0.15) is 0 Å². The third-order valence-electron chi connectivity index (χ3n) is 13.0. The van der Waals surface area contributed by atoms with E-state index in [-0.39, 0.29) is 5.41 Å². The molecule has 4 heteroatoms. The molecule has 0 aliphatic heterocycles. The van der Waals surface area contributed by atoms with Gasteiger partial charge < -0.3 is 4.57 Å². The van der Waals surface area contributed by atoms with Crippen LogP contribution in [0.2, 0.25) is 0 Å². The van der Waals surface area contributed by atoms with Gasteiger partial charge in [-0.05, 0) is 104 Å². The highest BCUT2D eigenvalue weighted by Gasteiger charge is 2.35. The van der Waals surface area contributed by atoms with Crippen molar-refractivity contribution >= 4 is 21.8 Å². The highest BCUT2D eigenvalue weighted by molar-refractivity contribution is 6.16. The summed E-state index contributed by atoms with van der Waals surface area (Å²) >= 11 is 0. The number of fused-ring (bicyclic) bond motifs is 6. The molecule has 0 atom stereocenters. The van der Waals surface area contributed by atoms with Gasteiger partial charge in [0, 0.05) is 38.6 Å². The summed E-state index contributed by atoms with van der Waals surface area (Å²) in [5.41, 5.74) is 18.4. The summed E-state index contributed by atoms with van der Waals surface area (Å²) < 4.78 is 2.38. The molecule has 0 unspecified atom stereocenters. The Morgan fingerprint density at radius 3 is 1.56 bits per heavy atom. The van der Waals surface area contributed by atoms with Gasteiger partial charge in [-0.25, -0.2) is 15.0 Å². The molecule has 2 aromatic heterocycles. The van der Waals surface area contributed by atoms with Crippen LogP contribution in [0.4, 0.5) is 0 Å². The van der Waals surface area contributed by atoms with Crippen molar-refractivity contribution in [2.45, 2.75) is 19.3 Å². The zero-order valence-electron chi connectivity index (χ0n) is 35.6. The number of para-hydroxylation sites is 1. The van der Waals surface area contributed by atoms with Crippen molar-refractivity contribution in [3.05, 3.63) is 230 Å². The van der Waals surface area contributed by atoms with E-state index in [1.807, 2.05) is 18.2 Å². The lowest BCUT2D eigenvalue weighted by molar-refractivity contribution is 0.660. The van der Waals surface area contributed by atoms with E-state index in [4.69, 9.17) is 15.0 Å². The van der Waals surface area contributed by atoms with E-state index in [9.17, 15) is 0 Å². The van der Waals surface area contributed by atoms with Crippen LogP contribution in [0.15, 0.2) is 218 Å². The summed E-state index contributed by atoms with van der Waals surface area (Å²) in [4.78, 5) is 15.6.